The van der Waals surface area contributed by atoms with Crippen molar-refractivity contribution < 1.29 is 4.79 Å². The van der Waals surface area contributed by atoms with E-state index < -0.39 is 0 Å². The largest absolute Gasteiger partial charge is 0.329 e. The van der Waals surface area contributed by atoms with Crippen molar-refractivity contribution in [1.29, 1.82) is 0 Å². The zero-order valence-electron chi connectivity index (χ0n) is 12.2. The second-order valence-corrected chi connectivity index (χ2v) is 5.04. The highest BCUT2D eigenvalue weighted by Crippen LogP contribution is 2.10. The van der Waals surface area contributed by atoms with Crippen LogP contribution in [0.5, 0.6) is 0 Å². The third-order valence-electron chi connectivity index (χ3n) is 3.78. The molecule has 0 spiro atoms. The summed E-state index contributed by atoms with van der Waals surface area (Å²) in [5, 5.41) is 3.32. The van der Waals surface area contributed by atoms with Crippen molar-refractivity contribution >= 4 is 5.91 Å². The molecular weight excluding hydrogens is 226 g/mol. The number of amides is 1. The number of nitrogens with one attached hydrogen (secondary N) is 1. The number of carbonyl (C=O) groups is 1. The molecule has 0 aromatic heterocycles. The SMILES string of the molecule is CCCCC1NCN(CCCN(CC)CC)C1=O. The van der Waals surface area contributed by atoms with E-state index in [4.69, 9.17) is 0 Å². The van der Waals surface area contributed by atoms with Gasteiger partial charge in [-0.2, -0.15) is 0 Å². The van der Waals surface area contributed by atoms with E-state index in [1.54, 1.807) is 0 Å². The summed E-state index contributed by atoms with van der Waals surface area (Å²) in [5.41, 5.74) is 0. The van der Waals surface area contributed by atoms with Gasteiger partial charge in [0.1, 0.15) is 0 Å². The second-order valence-electron chi connectivity index (χ2n) is 5.04. The molecule has 1 unspecified atom stereocenters. The van der Waals surface area contributed by atoms with Gasteiger partial charge >= 0.3 is 0 Å². The van der Waals surface area contributed by atoms with Crippen molar-refractivity contribution in [3.05, 3.63) is 0 Å². The lowest BCUT2D eigenvalue weighted by Crippen LogP contribution is -2.33. The first-order valence-electron chi connectivity index (χ1n) is 7.47. The lowest BCUT2D eigenvalue weighted by atomic mass is 10.1. The molecule has 1 N–H and O–H groups in total. The van der Waals surface area contributed by atoms with Crippen LogP contribution in [0.4, 0.5) is 0 Å². The van der Waals surface area contributed by atoms with Gasteiger partial charge in [0.25, 0.3) is 0 Å². The summed E-state index contributed by atoms with van der Waals surface area (Å²) < 4.78 is 0. The minimum absolute atomic E-state index is 0.0819. The van der Waals surface area contributed by atoms with E-state index in [9.17, 15) is 4.79 Å². The van der Waals surface area contributed by atoms with Crippen molar-refractivity contribution in [2.45, 2.75) is 52.5 Å². The first kappa shape index (κ1) is 15.4. The van der Waals surface area contributed by atoms with Gasteiger partial charge in [0.15, 0.2) is 0 Å². The summed E-state index contributed by atoms with van der Waals surface area (Å²) in [6.45, 7) is 11.5. The Bertz CT molecular complexity index is 241. The van der Waals surface area contributed by atoms with Gasteiger partial charge in [-0.25, -0.2) is 0 Å². The molecule has 0 aromatic rings. The van der Waals surface area contributed by atoms with Gasteiger partial charge in [0, 0.05) is 6.54 Å². The summed E-state index contributed by atoms with van der Waals surface area (Å²) in [7, 11) is 0. The molecule has 1 saturated heterocycles. The number of rotatable bonds is 9. The number of carbonyl (C=O) groups excluding carboxylic acids is 1. The van der Waals surface area contributed by atoms with E-state index in [2.05, 4.69) is 31.0 Å². The predicted molar refractivity (Wildman–Crippen MR) is 75.4 cm³/mol. The van der Waals surface area contributed by atoms with E-state index in [0.29, 0.717) is 5.91 Å². The van der Waals surface area contributed by atoms with Gasteiger partial charge in [0.05, 0.1) is 12.7 Å². The summed E-state index contributed by atoms with van der Waals surface area (Å²) >= 11 is 0. The Morgan fingerprint density at radius 3 is 2.61 bits per heavy atom. The van der Waals surface area contributed by atoms with E-state index >= 15 is 0 Å². The average Bonchev–Trinajstić information content (AvgIpc) is 2.73. The minimum Gasteiger partial charge on any atom is -0.329 e. The van der Waals surface area contributed by atoms with Crippen LogP contribution < -0.4 is 5.32 Å². The molecule has 1 aliphatic rings. The fourth-order valence-corrected chi connectivity index (χ4v) is 2.45. The molecule has 1 rings (SSSR count). The maximum atomic E-state index is 12.1. The standard InChI is InChI=1S/C14H29N3O/c1-4-7-9-13-14(18)17(12-15-13)11-8-10-16(5-2)6-3/h13,15H,4-12H2,1-3H3. The molecule has 0 radical (unpaired) electrons. The van der Waals surface area contributed by atoms with Crippen LogP contribution in [0, 0.1) is 0 Å². The third kappa shape index (κ3) is 4.58. The van der Waals surface area contributed by atoms with Crippen LogP contribution in [-0.2, 0) is 4.79 Å². The highest BCUT2D eigenvalue weighted by Gasteiger charge is 2.29. The van der Waals surface area contributed by atoms with Crippen molar-refractivity contribution in [3.63, 3.8) is 0 Å². The average molecular weight is 255 g/mol. The normalized spacial score (nSPS) is 20.1. The van der Waals surface area contributed by atoms with Gasteiger partial charge in [-0.05, 0) is 32.5 Å². The van der Waals surface area contributed by atoms with Gasteiger partial charge in [-0.3, -0.25) is 10.1 Å². The molecule has 1 aliphatic heterocycles. The highest BCUT2D eigenvalue weighted by molar-refractivity contribution is 5.83. The van der Waals surface area contributed by atoms with Crippen LogP contribution in [-0.4, -0.2) is 54.6 Å². The van der Waals surface area contributed by atoms with Crippen molar-refractivity contribution in [2.75, 3.05) is 32.8 Å². The van der Waals surface area contributed by atoms with Crippen molar-refractivity contribution in [3.8, 4) is 0 Å². The Labute approximate surface area is 112 Å². The molecule has 0 saturated carbocycles. The van der Waals surface area contributed by atoms with Crippen LogP contribution >= 0.6 is 0 Å². The first-order chi connectivity index (χ1) is 8.72. The Balaban J connectivity index is 2.22. The molecular formula is C14H29N3O. The maximum Gasteiger partial charge on any atom is 0.240 e. The van der Waals surface area contributed by atoms with Crippen LogP contribution in [0.3, 0.4) is 0 Å². The van der Waals surface area contributed by atoms with E-state index in [0.717, 1.165) is 58.5 Å². The third-order valence-corrected chi connectivity index (χ3v) is 3.78. The van der Waals surface area contributed by atoms with E-state index in [-0.39, 0.29) is 6.04 Å². The minimum atomic E-state index is 0.0819. The number of unbranched alkanes of at least 4 members (excludes halogenated alkanes) is 1. The molecule has 1 fully saturated rings. The monoisotopic (exact) mass is 255 g/mol. The Kier molecular flexibility index (Phi) is 7.28. The fraction of sp³-hybridized carbons (Fsp3) is 0.929. The molecule has 4 nitrogen and oxygen atoms in total. The number of hydrogen-bond acceptors (Lipinski definition) is 3. The van der Waals surface area contributed by atoms with Crippen LogP contribution in [0.1, 0.15) is 46.5 Å². The summed E-state index contributed by atoms with van der Waals surface area (Å²) in [5.74, 6) is 0.308. The quantitative estimate of drug-likeness (QED) is 0.681. The van der Waals surface area contributed by atoms with Gasteiger partial charge in [0.2, 0.25) is 5.91 Å². The molecule has 0 bridgehead atoms. The molecule has 0 aromatic carbocycles. The Hall–Kier alpha value is -0.610. The predicted octanol–water partition coefficient (Wildman–Crippen LogP) is 1.67. The number of nitrogens with zero attached hydrogens (tertiary/aromatic N) is 2. The highest BCUT2D eigenvalue weighted by atomic mass is 16.2. The zero-order valence-corrected chi connectivity index (χ0v) is 12.2. The molecule has 1 atom stereocenters. The molecule has 4 heteroatoms. The lowest BCUT2D eigenvalue weighted by molar-refractivity contribution is -0.129. The molecule has 1 heterocycles. The second kappa shape index (κ2) is 8.48. The number of hydrogen-bond donors (Lipinski definition) is 1. The van der Waals surface area contributed by atoms with Crippen LogP contribution in [0.2, 0.25) is 0 Å². The molecule has 1 amide bonds. The van der Waals surface area contributed by atoms with Gasteiger partial charge in [-0.1, -0.05) is 33.6 Å². The van der Waals surface area contributed by atoms with Gasteiger partial charge < -0.3 is 9.80 Å². The molecule has 0 aliphatic carbocycles. The first-order valence-corrected chi connectivity index (χ1v) is 7.47. The smallest absolute Gasteiger partial charge is 0.240 e. The van der Waals surface area contributed by atoms with Crippen molar-refractivity contribution in [2.24, 2.45) is 0 Å². The van der Waals surface area contributed by atoms with E-state index in [1.807, 2.05) is 4.90 Å². The fourth-order valence-electron chi connectivity index (χ4n) is 2.45. The summed E-state index contributed by atoms with van der Waals surface area (Å²) in [4.78, 5) is 16.5. The Morgan fingerprint density at radius 2 is 2.00 bits per heavy atom. The van der Waals surface area contributed by atoms with Gasteiger partial charge in [-0.15, -0.1) is 0 Å². The Morgan fingerprint density at radius 1 is 1.28 bits per heavy atom. The molecule has 18 heavy (non-hydrogen) atoms. The lowest BCUT2D eigenvalue weighted by Gasteiger charge is -2.20. The summed E-state index contributed by atoms with van der Waals surface area (Å²) in [6.07, 6.45) is 4.36. The zero-order chi connectivity index (χ0) is 13.4. The summed E-state index contributed by atoms with van der Waals surface area (Å²) in [6, 6.07) is 0.0819. The topological polar surface area (TPSA) is 35.6 Å². The molecule has 106 valence electrons. The maximum absolute atomic E-state index is 12.1. The van der Waals surface area contributed by atoms with Crippen LogP contribution in [0.15, 0.2) is 0 Å². The van der Waals surface area contributed by atoms with Crippen LogP contribution in [0.25, 0.3) is 0 Å². The van der Waals surface area contributed by atoms with Crippen molar-refractivity contribution in [1.82, 2.24) is 15.1 Å². The van der Waals surface area contributed by atoms with E-state index in [1.165, 1.54) is 0 Å².